The third-order valence-electron chi connectivity index (χ3n) is 4.11. The first-order chi connectivity index (χ1) is 12.9. The summed E-state index contributed by atoms with van der Waals surface area (Å²) in [6.07, 6.45) is 1.79. The summed E-state index contributed by atoms with van der Waals surface area (Å²) in [5.74, 6) is 0.898. The maximum atomic E-state index is 5.93. The van der Waals surface area contributed by atoms with Crippen LogP contribution in [0.15, 0.2) is 58.4 Å². The third-order valence-corrected chi connectivity index (χ3v) is 6.51. The van der Waals surface area contributed by atoms with Crippen LogP contribution in [0.4, 0.5) is 16.5 Å². The average Bonchev–Trinajstić information content (AvgIpc) is 3.37. The van der Waals surface area contributed by atoms with Crippen LogP contribution < -0.4 is 14.4 Å². The summed E-state index contributed by atoms with van der Waals surface area (Å²) in [5, 5.41) is 2.85. The molecule has 26 heavy (non-hydrogen) atoms. The van der Waals surface area contributed by atoms with Crippen molar-refractivity contribution in [1.29, 1.82) is 0 Å². The minimum atomic E-state index is 0.654. The lowest BCUT2D eigenvalue weighted by Gasteiger charge is -2.31. The summed E-state index contributed by atoms with van der Waals surface area (Å²) in [7, 11) is 0. The number of para-hydroxylation sites is 1. The maximum Gasteiger partial charge on any atom is 0.192 e. The minimum absolute atomic E-state index is 0.654. The first kappa shape index (κ1) is 15.9. The topological polar surface area (TPSA) is 50.3 Å². The van der Waals surface area contributed by atoms with E-state index >= 15 is 0 Å². The summed E-state index contributed by atoms with van der Waals surface area (Å²) in [5.41, 5.74) is 5.17. The molecule has 5 rings (SSSR count). The molecule has 1 aliphatic rings. The van der Waals surface area contributed by atoms with Crippen LogP contribution in [0.2, 0.25) is 0 Å². The van der Waals surface area contributed by atoms with Crippen molar-refractivity contribution in [3.05, 3.63) is 53.5 Å². The second kappa shape index (κ2) is 6.79. The Kier molecular flexibility index (Phi) is 4.16. The normalized spacial score (nSPS) is 13.5. The van der Waals surface area contributed by atoms with Gasteiger partial charge < -0.3 is 14.4 Å². The quantitative estimate of drug-likeness (QED) is 0.464. The molecule has 3 heterocycles. The largest absolute Gasteiger partial charge is 0.489 e. The SMILES string of the molecule is c1cc(N2CCOc3cc(SNc4nccs4)ccc32)c2ncsc2c1. The molecule has 0 amide bonds. The summed E-state index contributed by atoms with van der Waals surface area (Å²) >= 11 is 4.79. The Bertz CT molecular complexity index is 1050. The van der Waals surface area contributed by atoms with E-state index in [-0.39, 0.29) is 0 Å². The molecule has 0 bridgehead atoms. The molecular weight excluding hydrogens is 384 g/mol. The van der Waals surface area contributed by atoms with Gasteiger partial charge in [-0.2, -0.15) is 0 Å². The van der Waals surface area contributed by atoms with Crippen LogP contribution in [-0.2, 0) is 0 Å². The number of hydrogen-bond donors (Lipinski definition) is 1. The van der Waals surface area contributed by atoms with Crippen LogP contribution in [-0.4, -0.2) is 23.1 Å². The maximum absolute atomic E-state index is 5.93. The molecule has 0 saturated heterocycles. The molecule has 0 radical (unpaired) electrons. The molecule has 0 fully saturated rings. The Morgan fingerprint density at radius 1 is 1.12 bits per heavy atom. The zero-order valence-electron chi connectivity index (χ0n) is 13.6. The Hall–Kier alpha value is -2.29. The molecule has 0 spiro atoms. The number of anilines is 3. The van der Waals surface area contributed by atoms with E-state index in [1.807, 2.05) is 10.9 Å². The van der Waals surface area contributed by atoms with Gasteiger partial charge in [0.05, 0.1) is 28.1 Å². The van der Waals surface area contributed by atoms with Crippen LogP contribution in [0.1, 0.15) is 0 Å². The lowest BCUT2D eigenvalue weighted by atomic mass is 10.2. The van der Waals surface area contributed by atoms with Crippen molar-refractivity contribution in [1.82, 2.24) is 9.97 Å². The molecule has 130 valence electrons. The van der Waals surface area contributed by atoms with E-state index in [0.29, 0.717) is 6.61 Å². The zero-order chi connectivity index (χ0) is 17.3. The van der Waals surface area contributed by atoms with E-state index in [4.69, 9.17) is 4.74 Å². The summed E-state index contributed by atoms with van der Waals surface area (Å²) < 4.78 is 10.4. The molecule has 4 aromatic rings. The van der Waals surface area contributed by atoms with Crippen LogP contribution in [0.5, 0.6) is 5.75 Å². The van der Waals surface area contributed by atoms with Crippen molar-refractivity contribution < 1.29 is 4.74 Å². The molecule has 2 aromatic carbocycles. The van der Waals surface area contributed by atoms with Gasteiger partial charge in [0.1, 0.15) is 17.9 Å². The number of benzene rings is 2. The van der Waals surface area contributed by atoms with Crippen LogP contribution in [0, 0.1) is 0 Å². The van der Waals surface area contributed by atoms with Gasteiger partial charge in [-0.3, -0.25) is 0 Å². The first-order valence-corrected chi connectivity index (χ1v) is 10.6. The second-order valence-electron chi connectivity index (χ2n) is 5.65. The fraction of sp³-hybridized carbons (Fsp3) is 0.111. The number of ether oxygens (including phenoxy) is 1. The van der Waals surface area contributed by atoms with Crippen molar-refractivity contribution in [2.24, 2.45) is 0 Å². The fourth-order valence-corrected chi connectivity index (χ4v) is 4.93. The number of aromatic nitrogens is 2. The first-order valence-electron chi connectivity index (χ1n) is 8.07. The van der Waals surface area contributed by atoms with Gasteiger partial charge in [-0.1, -0.05) is 6.07 Å². The Labute approximate surface area is 162 Å². The standard InChI is InChI=1S/C18H14N4OS3/c1-2-14(17-16(3-1)25-11-20-17)22-7-8-23-15-10-12(4-5-13(15)22)26-21-18-19-6-9-24-18/h1-6,9-11H,7-8H2,(H,19,21). The Balaban J connectivity index is 1.46. The molecule has 2 aromatic heterocycles. The molecule has 1 aliphatic heterocycles. The predicted octanol–water partition coefficient (Wildman–Crippen LogP) is 5.40. The monoisotopic (exact) mass is 398 g/mol. The van der Waals surface area contributed by atoms with Gasteiger partial charge >= 0.3 is 0 Å². The highest BCUT2D eigenvalue weighted by atomic mass is 32.2. The van der Waals surface area contributed by atoms with Crippen molar-refractivity contribution in [2.45, 2.75) is 4.90 Å². The summed E-state index contributed by atoms with van der Waals surface area (Å²) in [4.78, 5) is 12.2. The van der Waals surface area contributed by atoms with Crippen LogP contribution in [0.25, 0.3) is 10.2 Å². The lowest BCUT2D eigenvalue weighted by molar-refractivity contribution is 0.313. The highest BCUT2D eigenvalue weighted by Crippen LogP contribution is 2.41. The Morgan fingerprint density at radius 3 is 3.04 bits per heavy atom. The predicted molar refractivity (Wildman–Crippen MR) is 110 cm³/mol. The highest BCUT2D eigenvalue weighted by Gasteiger charge is 2.22. The highest BCUT2D eigenvalue weighted by molar-refractivity contribution is 8.00. The van der Waals surface area contributed by atoms with Gasteiger partial charge in [0, 0.05) is 16.5 Å². The molecule has 0 unspecified atom stereocenters. The number of thiazole rings is 2. The number of fused-ring (bicyclic) bond motifs is 2. The van der Waals surface area contributed by atoms with Gasteiger partial charge in [-0.15, -0.1) is 22.7 Å². The molecule has 0 aliphatic carbocycles. The van der Waals surface area contributed by atoms with Gasteiger partial charge in [-0.25, -0.2) is 9.97 Å². The molecule has 0 saturated carbocycles. The number of nitrogens with one attached hydrogen (secondary N) is 1. The number of rotatable bonds is 4. The molecule has 8 heteroatoms. The van der Waals surface area contributed by atoms with Gasteiger partial charge in [0.2, 0.25) is 0 Å². The molecule has 5 nitrogen and oxygen atoms in total. The van der Waals surface area contributed by atoms with Crippen molar-refractivity contribution in [3.63, 3.8) is 0 Å². The van der Waals surface area contributed by atoms with E-state index in [0.717, 1.165) is 39.2 Å². The molecule has 1 N–H and O–H groups in total. The summed E-state index contributed by atoms with van der Waals surface area (Å²) in [6.45, 7) is 1.47. The zero-order valence-corrected chi connectivity index (χ0v) is 16.0. The average molecular weight is 399 g/mol. The van der Waals surface area contributed by atoms with Gasteiger partial charge in [-0.05, 0) is 42.3 Å². The van der Waals surface area contributed by atoms with E-state index in [2.05, 4.69) is 56.0 Å². The molecular formula is C18H14N4OS3. The minimum Gasteiger partial charge on any atom is -0.489 e. The molecule has 0 atom stereocenters. The van der Waals surface area contributed by atoms with E-state index in [9.17, 15) is 0 Å². The van der Waals surface area contributed by atoms with Crippen molar-refractivity contribution in [3.8, 4) is 5.75 Å². The fourth-order valence-electron chi connectivity index (χ4n) is 2.98. The van der Waals surface area contributed by atoms with Gasteiger partial charge in [0.25, 0.3) is 0 Å². The summed E-state index contributed by atoms with van der Waals surface area (Å²) in [6, 6.07) is 12.6. The van der Waals surface area contributed by atoms with Gasteiger partial charge in [0.15, 0.2) is 5.13 Å². The second-order valence-corrected chi connectivity index (χ2v) is 8.31. The third kappa shape index (κ3) is 2.90. The Morgan fingerprint density at radius 2 is 2.12 bits per heavy atom. The van der Waals surface area contributed by atoms with Crippen molar-refractivity contribution in [2.75, 3.05) is 22.8 Å². The van der Waals surface area contributed by atoms with Crippen LogP contribution >= 0.6 is 34.6 Å². The smallest absolute Gasteiger partial charge is 0.192 e. The van der Waals surface area contributed by atoms with Crippen LogP contribution in [0.3, 0.4) is 0 Å². The van der Waals surface area contributed by atoms with E-state index in [1.54, 1.807) is 40.8 Å². The van der Waals surface area contributed by atoms with E-state index < -0.39 is 0 Å². The van der Waals surface area contributed by atoms with Crippen molar-refractivity contribution >= 4 is 61.3 Å². The number of hydrogen-bond acceptors (Lipinski definition) is 8. The van der Waals surface area contributed by atoms with E-state index in [1.165, 1.54) is 4.70 Å². The lowest BCUT2D eigenvalue weighted by Crippen LogP contribution is -2.28. The number of nitrogens with zero attached hydrogens (tertiary/aromatic N) is 3.